The molecule has 0 bridgehead atoms. The molecule has 6 heteroatoms. The molecule has 138 valence electrons. The van der Waals surface area contributed by atoms with Gasteiger partial charge in [-0.2, -0.15) is 0 Å². The molecule has 0 radical (unpaired) electrons. The van der Waals surface area contributed by atoms with Gasteiger partial charge in [0.05, 0.1) is 5.92 Å². The van der Waals surface area contributed by atoms with Crippen molar-refractivity contribution in [1.82, 2.24) is 10.2 Å². The van der Waals surface area contributed by atoms with Gasteiger partial charge >= 0.3 is 12.1 Å². The minimum absolute atomic E-state index is 0.00774. The molecular weight excluding hydrogens is 320 g/mol. The fourth-order valence-electron chi connectivity index (χ4n) is 3.07. The summed E-state index contributed by atoms with van der Waals surface area (Å²) in [6, 6.07) is 9.53. The fourth-order valence-corrected chi connectivity index (χ4v) is 3.07. The number of rotatable bonds is 4. The van der Waals surface area contributed by atoms with Crippen LogP contribution in [0.1, 0.15) is 45.7 Å². The lowest BCUT2D eigenvalue weighted by Crippen LogP contribution is -2.55. The molecule has 2 N–H and O–H groups in total. The normalized spacial score (nSPS) is 22.3. The van der Waals surface area contributed by atoms with Crippen LogP contribution in [0.15, 0.2) is 30.3 Å². The fraction of sp³-hybridized carbons (Fsp3) is 0.579. The third-order valence-electron chi connectivity index (χ3n) is 4.35. The quantitative estimate of drug-likeness (QED) is 0.874. The number of carbonyl (C=O) groups is 2. The third kappa shape index (κ3) is 5.46. The number of nitrogens with zero attached hydrogens (tertiary/aromatic N) is 1. The second-order valence-electron chi connectivity index (χ2n) is 7.57. The molecule has 1 aromatic rings. The second-order valence-corrected chi connectivity index (χ2v) is 7.57. The third-order valence-corrected chi connectivity index (χ3v) is 4.35. The van der Waals surface area contributed by atoms with Crippen LogP contribution in [0.4, 0.5) is 4.79 Å². The summed E-state index contributed by atoms with van der Waals surface area (Å²) in [7, 11) is 0. The number of aliphatic carboxylic acids is 1. The lowest BCUT2D eigenvalue weighted by Gasteiger charge is -2.39. The van der Waals surface area contributed by atoms with E-state index in [2.05, 4.69) is 5.32 Å². The van der Waals surface area contributed by atoms with Gasteiger partial charge in [-0.25, -0.2) is 4.79 Å². The number of hydrogen-bond acceptors (Lipinski definition) is 4. The van der Waals surface area contributed by atoms with E-state index in [1.54, 1.807) is 4.90 Å². The maximum absolute atomic E-state index is 12.3. The van der Waals surface area contributed by atoms with E-state index in [1.165, 1.54) is 0 Å². The molecule has 1 aromatic carbocycles. The maximum atomic E-state index is 12.3. The van der Waals surface area contributed by atoms with Crippen molar-refractivity contribution in [3.8, 4) is 0 Å². The zero-order valence-corrected chi connectivity index (χ0v) is 15.4. The summed E-state index contributed by atoms with van der Waals surface area (Å²) in [4.78, 5) is 25.5. The predicted octanol–water partition coefficient (Wildman–Crippen LogP) is 3.05. The van der Waals surface area contributed by atoms with Crippen LogP contribution in [0.3, 0.4) is 0 Å². The van der Waals surface area contributed by atoms with E-state index in [4.69, 9.17) is 4.74 Å². The predicted molar refractivity (Wildman–Crippen MR) is 95.3 cm³/mol. The van der Waals surface area contributed by atoms with E-state index in [1.807, 2.05) is 58.0 Å². The minimum Gasteiger partial charge on any atom is -0.481 e. The molecule has 1 fully saturated rings. The first-order valence-electron chi connectivity index (χ1n) is 8.69. The van der Waals surface area contributed by atoms with Crippen molar-refractivity contribution in [2.75, 3.05) is 13.1 Å². The highest BCUT2D eigenvalue weighted by atomic mass is 16.6. The van der Waals surface area contributed by atoms with Crippen LogP contribution in [0.2, 0.25) is 0 Å². The minimum atomic E-state index is -0.832. The number of ether oxygens (including phenoxy) is 1. The highest BCUT2D eigenvalue weighted by Crippen LogP contribution is 2.23. The van der Waals surface area contributed by atoms with Gasteiger partial charge in [0.25, 0.3) is 0 Å². The highest BCUT2D eigenvalue weighted by molar-refractivity contribution is 5.73. The van der Waals surface area contributed by atoms with Crippen molar-refractivity contribution in [1.29, 1.82) is 0 Å². The number of carboxylic acids is 1. The zero-order valence-electron chi connectivity index (χ0n) is 15.4. The van der Waals surface area contributed by atoms with Crippen molar-refractivity contribution < 1.29 is 19.4 Å². The number of carboxylic acid groups (broad SMARTS) is 1. The van der Waals surface area contributed by atoms with Gasteiger partial charge in [-0.1, -0.05) is 30.3 Å². The van der Waals surface area contributed by atoms with Crippen molar-refractivity contribution in [2.24, 2.45) is 5.92 Å². The van der Waals surface area contributed by atoms with Gasteiger partial charge in [0.15, 0.2) is 0 Å². The van der Waals surface area contributed by atoms with Crippen LogP contribution in [-0.4, -0.2) is 46.8 Å². The Labute approximate surface area is 149 Å². The Morgan fingerprint density at radius 2 is 1.92 bits per heavy atom. The van der Waals surface area contributed by atoms with Crippen molar-refractivity contribution in [3.05, 3.63) is 35.9 Å². The molecule has 1 saturated heterocycles. The molecule has 2 rings (SSSR count). The van der Waals surface area contributed by atoms with Crippen LogP contribution in [0.5, 0.6) is 0 Å². The average molecular weight is 348 g/mol. The van der Waals surface area contributed by atoms with E-state index in [-0.39, 0.29) is 12.1 Å². The van der Waals surface area contributed by atoms with Crippen LogP contribution in [-0.2, 0) is 9.53 Å². The number of carbonyl (C=O) groups excluding carboxylic acids is 1. The number of piperidine rings is 1. The molecule has 1 aliphatic rings. The SMILES string of the molecule is C[C@H](N[C@@H]1CN(C(=O)OC(C)(C)C)CCC1C(=O)O)c1ccccc1. The molecule has 0 aromatic heterocycles. The molecule has 1 heterocycles. The molecule has 0 spiro atoms. The number of nitrogens with one attached hydrogen (secondary N) is 1. The molecule has 25 heavy (non-hydrogen) atoms. The van der Waals surface area contributed by atoms with Crippen LogP contribution >= 0.6 is 0 Å². The summed E-state index contributed by atoms with van der Waals surface area (Å²) >= 11 is 0. The lowest BCUT2D eigenvalue weighted by molar-refractivity contribution is -0.144. The summed E-state index contributed by atoms with van der Waals surface area (Å²) in [5, 5.41) is 12.9. The van der Waals surface area contributed by atoms with E-state index in [0.29, 0.717) is 19.5 Å². The number of benzene rings is 1. The average Bonchev–Trinajstić information content (AvgIpc) is 2.53. The van der Waals surface area contributed by atoms with E-state index < -0.39 is 23.6 Å². The van der Waals surface area contributed by atoms with Gasteiger partial charge in [-0.05, 0) is 39.7 Å². The summed E-state index contributed by atoms with van der Waals surface area (Å²) < 4.78 is 5.42. The summed E-state index contributed by atoms with van der Waals surface area (Å²) in [5.41, 5.74) is 0.516. The Kier molecular flexibility index (Phi) is 6.06. The van der Waals surface area contributed by atoms with Crippen LogP contribution in [0.25, 0.3) is 0 Å². The smallest absolute Gasteiger partial charge is 0.410 e. The largest absolute Gasteiger partial charge is 0.481 e. The molecule has 3 atom stereocenters. The molecule has 1 unspecified atom stereocenters. The van der Waals surface area contributed by atoms with Crippen LogP contribution < -0.4 is 5.32 Å². The standard InChI is InChI=1S/C19H28N2O4/c1-13(14-8-6-5-7-9-14)20-16-12-21(11-10-15(16)17(22)23)18(24)25-19(2,3)4/h5-9,13,15-16,20H,10-12H2,1-4H3,(H,22,23)/t13-,15?,16+/m0/s1. The Morgan fingerprint density at radius 1 is 1.28 bits per heavy atom. The first-order valence-corrected chi connectivity index (χ1v) is 8.69. The summed E-state index contributed by atoms with van der Waals surface area (Å²) in [6.45, 7) is 8.18. The van der Waals surface area contributed by atoms with Gasteiger partial charge in [-0.15, -0.1) is 0 Å². The van der Waals surface area contributed by atoms with E-state index in [0.717, 1.165) is 5.56 Å². The Bertz CT molecular complexity index is 597. The second kappa shape index (κ2) is 7.87. The molecule has 1 amide bonds. The molecule has 0 saturated carbocycles. The molecule has 6 nitrogen and oxygen atoms in total. The first-order chi connectivity index (χ1) is 11.7. The van der Waals surface area contributed by atoms with Gasteiger partial charge in [-0.3, -0.25) is 4.79 Å². The van der Waals surface area contributed by atoms with Gasteiger partial charge in [0.1, 0.15) is 5.60 Å². The topological polar surface area (TPSA) is 78.9 Å². The maximum Gasteiger partial charge on any atom is 0.410 e. The molecule has 1 aliphatic heterocycles. The lowest BCUT2D eigenvalue weighted by atomic mass is 9.90. The van der Waals surface area contributed by atoms with E-state index in [9.17, 15) is 14.7 Å². The summed E-state index contributed by atoms with van der Waals surface area (Å²) in [5.74, 6) is -1.36. The summed E-state index contributed by atoms with van der Waals surface area (Å²) in [6.07, 6.45) is 0.0174. The number of hydrogen-bond donors (Lipinski definition) is 2. The number of likely N-dealkylation sites (tertiary alicyclic amines) is 1. The molecular formula is C19H28N2O4. The van der Waals surface area contributed by atoms with Gasteiger partial charge in [0, 0.05) is 25.2 Å². The van der Waals surface area contributed by atoms with Gasteiger partial charge in [0.2, 0.25) is 0 Å². The number of amides is 1. The highest BCUT2D eigenvalue weighted by Gasteiger charge is 2.37. The van der Waals surface area contributed by atoms with Gasteiger partial charge < -0.3 is 20.1 Å². The monoisotopic (exact) mass is 348 g/mol. The van der Waals surface area contributed by atoms with Crippen molar-refractivity contribution in [3.63, 3.8) is 0 Å². The zero-order chi connectivity index (χ0) is 18.6. The first kappa shape index (κ1) is 19.2. The Morgan fingerprint density at radius 3 is 2.48 bits per heavy atom. The van der Waals surface area contributed by atoms with Crippen molar-refractivity contribution in [2.45, 2.75) is 51.8 Å². The Balaban J connectivity index is 2.08. The Hall–Kier alpha value is -2.08. The van der Waals surface area contributed by atoms with E-state index >= 15 is 0 Å². The molecule has 0 aliphatic carbocycles. The van der Waals surface area contributed by atoms with Crippen molar-refractivity contribution >= 4 is 12.1 Å². The van der Waals surface area contributed by atoms with Crippen LogP contribution in [0, 0.1) is 5.92 Å².